The Hall–Kier alpha value is -1.52. The largest absolute Gasteiger partial charge is 0.487 e. The zero-order chi connectivity index (χ0) is 15.4. The third kappa shape index (κ3) is 3.77. The van der Waals surface area contributed by atoms with Gasteiger partial charge in [0.1, 0.15) is 12.4 Å². The molecule has 1 atom stereocenters. The summed E-state index contributed by atoms with van der Waals surface area (Å²) in [4.78, 5) is 0. The van der Waals surface area contributed by atoms with Crippen molar-refractivity contribution < 1.29 is 4.74 Å². The van der Waals surface area contributed by atoms with E-state index in [1.165, 1.54) is 0 Å². The van der Waals surface area contributed by atoms with Crippen LogP contribution in [0.2, 0.25) is 5.02 Å². The molecule has 0 aliphatic heterocycles. The number of aromatic nitrogens is 2. The molecule has 0 radical (unpaired) electrons. The molecule has 0 saturated heterocycles. The van der Waals surface area contributed by atoms with Crippen LogP contribution in [0.15, 0.2) is 24.3 Å². The number of nitrogens with two attached hydrogens (primary N) is 1. The predicted octanol–water partition coefficient (Wildman–Crippen LogP) is 3.33. The molecule has 2 aromatic rings. The van der Waals surface area contributed by atoms with Crippen molar-refractivity contribution in [2.75, 3.05) is 0 Å². The van der Waals surface area contributed by atoms with Crippen molar-refractivity contribution in [2.45, 2.75) is 46.4 Å². The van der Waals surface area contributed by atoms with E-state index in [9.17, 15) is 0 Å². The lowest BCUT2D eigenvalue weighted by Crippen LogP contribution is -2.18. The first-order valence-corrected chi connectivity index (χ1v) is 7.58. The van der Waals surface area contributed by atoms with Crippen LogP contribution >= 0.6 is 11.6 Å². The van der Waals surface area contributed by atoms with Crippen LogP contribution in [0.4, 0.5) is 0 Å². The Labute approximate surface area is 130 Å². The normalized spacial score (nSPS) is 12.4. The highest BCUT2D eigenvalue weighted by Crippen LogP contribution is 2.24. The van der Waals surface area contributed by atoms with Crippen molar-refractivity contribution in [3.05, 3.63) is 46.2 Å². The second kappa shape index (κ2) is 6.96. The molecule has 2 rings (SSSR count). The van der Waals surface area contributed by atoms with Gasteiger partial charge in [-0.1, -0.05) is 29.8 Å². The van der Waals surface area contributed by atoms with Gasteiger partial charge in [-0.25, -0.2) is 0 Å². The first-order chi connectivity index (χ1) is 10.0. The van der Waals surface area contributed by atoms with Gasteiger partial charge < -0.3 is 10.5 Å². The molecule has 114 valence electrons. The van der Waals surface area contributed by atoms with Crippen LogP contribution in [0.5, 0.6) is 5.75 Å². The Kier molecular flexibility index (Phi) is 5.26. The fourth-order valence-electron chi connectivity index (χ4n) is 2.31. The molecule has 2 N–H and O–H groups in total. The molecule has 0 aliphatic carbocycles. The van der Waals surface area contributed by atoms with Gasteiger partial charge >= 0.3 is 0 Å². The molecule has 0 fully saturated rings. The number of ether oxygens (including phenoxy) is 1. The van der Waals surface area contributed by atoms with Crippen molar-refractivity contribution in [1.82, 2.24) is 9.78 Å². The zero-order valence-electron chi connectivity index (χ0n) is 12.8. The lowest BCUT2D eigenvalue weighted by Gasteiger charge is -2.13. The van der Waals surface area contributed by atoms with Gasteiger partial charge in [0.05, 0.1) is 16.4 Å². The molecule has 1 aromatic heterocycles. The predicted molar refractivity (Wildman–Crippen MR) is 85.8 cm³/mol. The Bertz CT molecular complexity index is 608. The first-order valence-electron chi connectivity index (χ1n) is 7.21. The van der Waals surface area contributed by atoms with E-state index in [0.29, 0.717) is 11.6 Å². The molecule has 4 nitrogen and oxygen atoms in total. The van der Waals surface area contributed by atoms with Gasteiger partial charge in [-0.2, -0.15) is 5.10 Å². The van der Waals surface area contributed by atoms with E-state index in [0.717, 1.165) is 35.7 Å². The number of halogens is 1. The minimum Gasteiger partial charge on any atom is -0.487 e. The fraction of sp³-hybridized carbons (Fsp3) is 0.438. The first kappa shape index (κ1) is 15.9. The lowest BCUT2D eigenvalue weighted by atomic mass is 10.1. The zero-order valence-corrected chi connectivity index (χ0v) is 13.5. The molecule has 1 unspecified atom stereocenters. The number of nitrogens with zero attached hydrogens (tertiary/aromatic N) is 2. The number of aryl methyl sites for hydroxylation is 2. The summed E-state index contributed by atoms with van der Waals surface area (Å²) in [6.07, 6.45) is 0.788. The van der Waals surface area contributed by atoms with E-state index >= 15 is 0 Å². The maximum atomic E-state index is 6.30. The SMILES string of the molecule is CCn1nc(C)c(Cl)c1COc1ccccc1CC(C)N. The summed E-state index contributed by atoms with van der Waals surface area (Å²) < 4.78 is 7.84. The summed E-state index contributed by atoms with van der Waals surface area (Å²) in [5.74, 6) is 0.854. The molecular weight excluding hydrogens is 286 g/mol. The van der Waals surface area contributed by atoms with Gasteiger partial charge in [-0.15, -0.1) is 0 Å². The number of rotatable bonds is 6. The molecule has 5 heteroatoms. The van der Waals surface area contributed by atoms with Crippen molar-refractivity contribution >= 4 is 11.6 Å². The maximum Gasteiger partial charge on any atom is 0.131 e. The molecule has 1 aromatic carbocycles. The summed E-state index contributed by atoms with van der Waals surface area (Å²) in [7, 11) is 0. The maximum absolute atomic E-state index is 6.30. The summed E-state index contributed by atoms with van der Waals surface area (Å²) in [5.41, 5.74) is 8.74. The highest BCUT2D eigenvalue weighted by atomic mass is 35.5. The molecule has 0 saturated carbocycles. The van der Waals surface area contributed by atoms with Crippen molar-refractivity contribution in [3.63, 3.8) is 0 Å². The topological polar surface area (TPSA) is 53.1 Å². The highest BCUT2D eigenvalue weighted by molar-refractivity contribution is 6.31. The van der Waals surface area contributed by atoms with E-state index in [1.54, 1.807) is 0 Å². The summed E-state index contributed by atoms with van der Waals surface area (Å²) in [6.45, 7) is 7.11. The molecule has 0 spiro atoms. The van der Waals surface area contributed by atoms with E-state index in [-0.39, 0.29) is 6.04 Å². The van der Waals surface area contributed by atoms with E-state index in [4.69, 9.17) is 22.1 Å². The Morgan fingerprint density at radius 3 is 2.76 bits per heavy atom. The molecule has 0 aliphatic rings. The molecule has 1 heterocycles. The van der Waals surface area contributed by atoms with Gasteiger partial charge in [0.2, 0.25) is 0 Å². The third-order valence-electron chi connectivity index (χ3n) is 3.33. The van der Waals surface area contributed by atoms with Crippen LogP contribution in [0.25, 0.3) is 0 Å². The summed E-state index contributed by atoms with van der Waals surface area (Å²) in [6, 6.07) is 8.07. The smallest absolute Gasteiger partial charge is 0.131 e. The third-order valence-corrected chi connectivity index (χ3v) is 3.82. The van der Waals surface area contributed by atoms with E-state index in [1.807, 2.05) is 49.7 Å². The average Bonchev–Trinajstić information content (AvgIpc) is 2.73. The van der Waals surface area contributed by atoms with Gasteiger partial charge in [0, 0.05) is 12.6 Å². The monoisotopic (exact) mass is 307 g/mol. The number of hydrogen-bond donors (Lipinski definition) is 1. The molecular formula is C16H22ClN3O. The Balaban J connectivity index is 2.17. The van der Waals surface area contributed by atoms with E-state index in [2.05, 4.69) is 5.10 Å². The van der Waals surface area contributed by atoms with Gasteiger partial charge in [0.25, 0.3) is 0 Å². The van der Waals surface area contributed by atoms with Gasteiger partial charge in [-0.05, 0) is 38.8 Å². The van der Waals surface area contributed by atoms with Crippen molar-refractivity contribution in [3.8, 4) is 5.75 Å². The van der Waals surface area contributed by atoms with E-state index < -0.39 is 0 Å². The van der Waals surface area contributed by atoms with Crippen molar-refractivity contribution in [2.24, 2.45) is 5.73 Å². The fourth-order valence-corrected chi connectivity index (χ4v) is 2.50. The average molecular weight is 308 g/mol. The Morgan fingerprint density at radius 1 is 1.38 bits per heavy atom. The highest BCUT2D eigenvalue weighted by Gasteiger charge is 2.14. The lowest BCUT2D eigenvalue weighted by molar-refractivity contribution is 0.289. The van der Waals surface area contributed by atoms with Crippen LogP contribution in [-0.2, 0) is 19.6 Å². The van der Waals surface area contributed by atoms with Crippen LogP contribution in [0.3, 0.4) is 0 Å². The molecule has 0 bridgehead atoms. The van der Waals surface area contributed by atoms with Gasteiger partial charge in [-0.3, -0.25) is 4.68 Å². The second-order valence-electron chi connectivity index (χ2n) is 5.24. The van der Waals surface area contributed by atoms with Crippen LogP contribution in [-0.4, -0.2) is 15.8 Å². The molecule has 0 amide bonds. The van der Waals surface area contributed by atoms with Crippen LogP contribution < -0.4 is 10.5 Å². The summed E-state index contributed by atoms with van der Waals surface area (Å²) in [5, 5.41) is 5.08. The quantitative estimate of drug-likeness (QED) is 0.890. The minimum absolute atomic E-state index is 0.0988. The Morgan fingerprint density at radius 2 is 2.10 bits per heavy atom. The standard InChI is InChI=1S/C16H22ClN3O/c1-4-20-14(16(17)12(3)19-20)10-21-15-8-6-5-7-13(15)9-11(2)18/h5-8,11H,4,9-10,18H2,1-3H3. The minimum atomic E-state index is 0.0988. The summed E-state index contributed by atoms with van der Waals surface area (Å²) >= 11 is 6.30. The number of benzene rings is 1. The van der Waals surface area contributed by atoms with Crippen LogP contribution in [0, 0.1) is 6.92 Å². The number of hydrogen-bond acceptors (Lipinski definition) is 3. The molecule has 21 heavy (non-hydrogen) atoms. The van der Waals surface area contributed by atoms with Crippen LogP contribution in [0.1, 0.15) is 30.8 Å². The van der Waals surface area contributed by atoms with Crippen molar-refractivity contribution in [1.29, 1.82) is 0 Å². The number of para-hydroxylation sites is 1. The van der Waals surface area contributed by atoms with Gasteiger partial charge in [0.15, 0.2) is 0 Å². The second-order valence-corrected chi connectivity index (χ2v) is 5.62.